The maximum atomic E-state index is 12.6. The molecule has 0 spiro atoms. The summed E-state index contributed by atoms with van der Waals surface area (Å²) in [6.45, 7) is 1.49. The lowest BCUT2D eigenvalue weighted by atomic mass is 9.96. The molecule has 2 aromatic carbocycles. The van der Waals surface area contributed by atoms with Crippen LogP contribution in [0.25, 0.3) is 0 Å². The molecule has 6 heteroatoms. The fourth-order valence-electron chi connectivity index (χ4n) is 3.10. The van der Waals surface area contributed by atoms with E-state index in [1.807, 2.05) is 42.5 Å². The van der Waals surface area contributed by atoms with Gasteiger partial charge in [0.1, 0.15) is 0 Å². The first-order valence-corrected chi connectivity index (χ1v) is 9.04. The largest absolute Gasteiger partial charge is 0.370 e. The van der Waals surface area contributed by atoms with E-state index in [0.29, 0.717) is 5.56 Å². The van der Waals surface area contributed by atoms with E-state index in [0.717, 1.165) is 41.8 Å². The molecule has 5 nitrogen and oxygen atoms in total. The molecule has 1 fully saturated rings. The highest BCUT2D eigenvalue weighted by Gasteiger charge is 2.24. The standard InChI is InChI=1S/C19H20BrN3O2/c20-15-6-2-1-5-14(15)19(25)22-16-7-3-4-8-17(16)23-11-9-13(10-12-23)18(21)24/h1-8,13H,9-12H2,(H2,21,24)(H,22,25). The van der Waals surface area contributed by atoms with Crippen LogP contribution in [0.5, 0.6) is 0 Å². The molecule has 0 atom stereocenters. The molecule has 0 saturated carbocycles. The van der Waals surface area contributed by atoms with Crippen LogP contribution < -0.4 is 16.0 Å². The van der Waals surface area contributed by atoms with Crippen LogP contribution in [0.2, 0.25) is 0 Å². The molecule has 3 N–H and O–H groups in total. The van der Waals surface area contributed by atoms with Crippen LogP contribution in [-0.4, -0.2) is 24.9 Å². The zero-order chi connectivity index (χ0) is 17.8. The fourth-order valence-corrected chi connectivity index (χ4v) is 3.56. The second-order valence-corrected chi connectivity index (χ2v) is 6.97. The van der Waals surface area contributed by atoms with Crippen LogP contribution in [0, 0.1) is 5.92 Å². The normalized spacial score (nSPS) is 15.0. The molecule has 130 valence electrons. The molecule has 1 heterocycles. The van der Waals surface area contributed by atoms with Crippen molar-refractivity contribution >= 4 is 39.1 Å². The molecule has 2 aromatic rings. The van der Waals surface area contributed by atoms with Crippen molar-refractivity contribution in [2.45, 2.75) is 12.8 Å². The van der Waals surface area contributed by atoms with Gasteiger partial charge in [0.25, 0.3) is 5.91 Å². The van der Waals surface area contributed by atoms with Gasteiger partial charge in [-0.2, -0.15) is 0 Å². The molecule has 0 bridgehead atoms. The Balaban J connectivity index is 1.77. The van der Waals surface area contributed by atoms with E-state index >= 15 is 0 Å². The minimum atomic E-state index is -0.227. The van der Waals surface area contributed by atoms with Crippen LogP contribution in [-0.2, 0) is 4.79 Å². The van der Waals surface area contributed by atoms with Crippen molar-refractivity contribution in [1.29, 1.82) is 0 Å². The second kappa shape index (κ2) is 7.70. The topological polar surface area (TPSA) is 75.4 Å². The predicted molar refractivity (Wildman–Crippen MR) is 103 cm³/mol. The number of halogens is 1. The average Bonchev–Trinajstić information content (AvgIpc) is 2.62. The third-order valence-electron chi connectivity index (χ3n) is 4.51. The highest BCUT2D eigenvalue weighted by molar-refractivity contribution is 9.10. The van der Waals surface area contributed by atoms with Crippen LogP contribution in [0.3, 0.4) is 0 Å². The molecule has 0 radical (unpaired) electrons. The van der Waals surface area contributed by atoms with Gasteiger partial charge in [0.05, 0.1) is 16.9 Å². The Morgan fingerprint density at radius 2 is 1.68 bits per heavy atom. The Hall–Kier alpha value is -2.34. The molecule has 3 rings (SSSR count). The fraction of sp³-hybridized carbons (Fsp3) is 0.263. The van der Waals surface area contributed by atoms with Gasteiger partial charge in [0.2, 0.25) is 5.91 Å². The van der Waals surface area contributed by atoms with Crippen LogP contribution in [0.1, 0.15) is 23.2 Å². The molecule has 0 unspecified atom stereocenters. The van der Waals surface area contributed by atoms with Gasteiger partial charge in [-0.3, -0.25) is 9.59 Å². The first kappa shape index (κ1) is 17.5. The van der Waals surface area contributed by atoms with E-state index in [2.05, 4.69) is 26.1 Å². The number of nitrogens with two attached hydrogens (primary N) is 1. The summed E-state index contributed by atoms with van der Waals surface area (Å²) in [5, 5.41) is 3.00. The molecule has 1 aliphatic rings. The van der Waals surface area contributed by atoms with Crippen molar-refractivity contribution in [3.8, 4) is 0 Å². The van der Waals surface area contributed by atoms with Crippen LogP contribution in [0.15, 0.2) is 53.0 Å². The number of piperidine rings is 1. The maximum Gasteiger partial charge on any atom is 0.256 e. The highest BCUT2D eigenvalue weighted by Crippen LogP contribution is 2.30. The first-order chi connectivity index (χ1) is 12.1. The van der Waals surface area contributed by atoms with Crippen molar-refractivity contribution in [3.63, 3.8) is 0 Å². The lowest BCUT2D eigenvalue weighted by molar-refractivity contribution is -0.122. The summed E-state index contributed by atoms with van der Waals surface area (Å²) in [5.41, 5.74) is 7.72. The lowest BCUT2D eigenvalue weighted by Crippen LogP contribution is -2.38. The van der Waals surface area contributed by atoms with Gasteiger partial charge in [-0.15, -0.1) is 0 Å². The number of benzene rings is 2. The minimum absolute atomic E-state index is 0.0572. The number of carbonyl (C=O) groups is 2. The Morgan fingerprint density at radius 3 is 2.36 bits per heavy atom. The Kier molecular flexibility index (Phi) is 5.38. The molecule has 1 saturated heterocycles. The number of hydrogen-bond donors (Lipinski definition) is 2. The monoisotopic (exact) mass is 401 g/mol. The number of nitrogens with one attached hydrogen (secondary N) is 1. The van der Waals surface area contributed by atoms with E-state index in [4.69, 9.17) is 5.73 Å². The summed E-state index contributed by atoms with van der Waals surface area (Å²) >= 11 is 3.41. The number of carbonyl (C=O) groups excluding carboxylic acids is 2. The highest BCUT2D eigenvalue weighted by atomic mass is 79.9. The summed E-state index contributed by atoms with van der Waals surface area (Å²) in [5.74, 6) is -0.444. The zero-order valence-corrected chi connectivity index (χ0v) is 15.3. The van der Waals surface area contributed by atoms with E-state index in [9.17, 15) is 9.59 Å². The van der Waals surface area contributed by atoms with Crippen LogP contribution in [0.4, 0.5) is 11.4 Å². The van der Waals surface area contributed by atoms with E-state index in [1.54, 1.807) is 6.07 Å². The molecule has 25 heavy (non-hydrogen) atoms. The number of rotatable bonds is 4. The van der Waals surface area contributed by atoms with Crippen molar-refractivity contribution in [2.75, 3.05) is 23.3 Å². The van der Waals surface area contributed by atoms with Gasteiger partial charge in [0.15, 0.2) is 0 Å². The zero-order valence-electron chi connectivity index (χ0n) is 13.7. The number of hydrogen-bond acceptors (Lipinski definition) is 3. The van der Waals surface area contributed by atoms with E-state index in [-0.39, 0.29) is 17.7 Å². The second-order valence-electron chi connectivity index (χ2n) is 6.11. The quantitative estimate of drug-likeness (QED) is 0.823. The predicted octanol–water partition coefficient (Wildman–Crippen LogP) is 3.40. The minimum Gasteiger partial charge on any atom is -0.370 e. The van der Waals surface area contributed by atoms with Crippen molar-refractivity contribution in [1.82, 2.24) is 0 Å². The lowest BCUT2D eigenvalue weighted by Gasteiger charge is -2.33. The van der Waals surface area contributed by atoms with Gasteiger partial charge < -0.3 is 16.0 Å². The molecular weight excluding hydrogens is 382 g/mol. The Morgan fingerprint density at radius 1 is 1.04 bits per heavy atom. The Bertz CT molecular complexity index is 786. The maximum absolute atomic E-state index is 12.6. The summed E-state index contributed by atoms with van der Waals surface area (Å²) in [4.78, 5) is 26.1. The molecule has 0 aromatic heterocycles. The van der Waals surface area contributed by atoms with E-state index in [1.165, 1.54) is 0 Å². The summed E-state index contributed by atoms with van der Waals surface area (Å²) in [6, 6.07) is 15.1. The first-order valence-electron chi connectivity index (χ1n) is 8.25. The van der Waals surface area contributed by atoms with Crippen molar-refractivity contribution in [2.24, 2.45) is 11.7 Å². The van der Waals surface area contributed by atoms with Crippen molar-refractivity contribution < 1.29 is 9.59 Å². The number of primary amides is 1. The number of amides is 2. The van der Waals surface area contributed by atoms with Gasteiger partial charge in [0, 0.05) is 23.5 Å². The molecular formula is C19H20BrN3O2. The number of anilines is 2. The molecule has 0 aliphatic carbocycles. The molecule has 2 amide bonds. The summed E-state index contributed by atoms with van der Waals surface area (Å²) in [6.07, 6.45) is 1.48. The third-order valence-corrected chi connectivity index (χ3v) is 5.20. The van der Waals surface area contributed by atoms with Crippen LogP contribution >= 0.6 is 15.9 Å². The number of para-hydroxylation sites is 2. The average molecular weight is 402 g/mol. The third kappa shape index (κ3) is 4.02. The number of nitrogens with zero attached hydrogens (tertiary/aromatic N) is 1. The van der Waals surface area contributed by atoms with Gasteiger partial charge in [-0.1, -0.05) is 24.3 Å². The van der Waals surface area contributed by atoms with Gasteiger partial charge in [-0.25, -0.2) is 0 Å². The summed E-state index contributed by atoms with van der Waals surface area (Å²) < 4.78 is 0.757. The SMILES string of the molecule is NC(=O)C1CCN(c2ccccc2NC(=O)c2ccccc2Br)CC1. The van der Waals surface area contributed by atoms with Gasteiger partial charge in [-0.05, 0) is 53.0 Å². The smallest absolute Gasteiger partial charge is 0.256 e. The van der Waals surface area contributed by atoms with Gasteiger partial charge >= 0.3 is 0 Å². The Labute approximate surface area is 155 Å². The van der Waals surface area contributed by atoms with Crippen molar-refractivity contribution in [3.05, 3.63) is 58.6 Å². The summed E-state index contributed by atoms with van der Waals surface area (Å²) in [7, 11) is 0. The molecule has 1 aliphatic heterocycles. The van der Waals surface area contributed by atoms with E-state index < -0.39 is 0 Å².